The van der Waals surface area contributed by atoms with Crippen molar-refractivity contribution in [1.29, 1.82) is 0 Å². The van der Waals surface area contributed by atoms with Crippen LogP contribution in [0.4, 0.5) is 5.69 Å². The largest absolute Gasteiger partial charge is 0.354 e. The topological polar surface area (TPSA) is 86.8 Å². The Balaban J connectivity index is 2.04. The van der Waals surface area contributed by atoms with E-state index in [1.165, 1.54) is 17.0 Å². The molecule has 0 saturated heterocycles. The molecule has 0 aliphatic carbocycles. The van der Waals surface area contributed by atoms with Crippen LogP contribution in [0.3, 0.4) is 0 Å². The molecule has 2 amide bonds. The molecule has 9 heteroatoms. The van der Waals surface area contributed by atoms with Crippen molar-refractivity contribution in [2.24, 2.45) is 0 Å². The maximum absolute atomic E-state index is 14.0. The molecule has 0 aromatic heterocycles. The molecule has 7 nitrogen and oxygen atoms in total. The van der Waals surface area contributed by atoms with Crippen molar-refractivity contribution in [3.8, 4) is 0 Å². The molecule has 0 heterocycles. The van der Waals surface area contributed by atoms with Crippen molar-refractivity contribution >= 4 is 39.1 Å². The molecule has 0 aliphatic rings. The first-order valence-electron chi connectivity index (χ1n) is 13.6. The Kier molecular flexibility index (Phi) is 11.2. The van der Waals surface area contributed by atoms with Gasteiger partial charge in [0.2, 0.25) is 11.8 Å². The molecule has 0 saturated carbocycles. The van der Waals surface area contributed by atoms with Gasteiger partial charge in [-0.25, -0.2) is 8.42 Å². The smallest absolute Gasteiger partial charge is 0.264 e. The summed E-state index contributed by atoms with van der Waals surface area (Å²) in [5.41, 5.74) is 2.20. The van der Waals surface area contributed by atoms with Crippen molar-refractivity contribution in [2.75, 3.05) is 17.4 Å². The summed E-state index contributed by atoms with van der Waals surface area (Å²) < 4.78 is 28.9. The number of sulfonamides is 1. The summed E-state index contributed by atoms with van der Waals surface area (Å²) in [6, 6.07) is 21.5. The van der Waals surface area contributed by atoms with Gasteiger partial charge in [0.05, 0.1) is 10.6 Å². The molecule has 0 aliphatic heterocycles. The maximum atomic E-state index is 14.0. The standard InChI is InChI=1S/C31H38ClN3O4S/c1-5-20-33-31(37)29(6-2)34(21-24-12-16-26(32)17-13-24)30(36)22-35(27-18-14-25(15-19-27)23(3)4)40(38,39)28-10-8-7-9-11-28/h7-19,23,29H,5-6,20-22H2,1-4H3,(H,33,37)/t29-/m0/s1. The molecule has 214 valence electrons. The fraction of sp³-hybridized carbons (Fsp3) is 0.355. The molecule has 40 heavy (non-hydrogen) atoms. The number of nitrogens with one attached hydrogen (secondary N) is 1. The average Bonchev–Trinajstić information content (AvgIpc) is 2.96. The second kappa shape index (κ2) is 14.3. The number of carbonyl (C=O) groups excluding carboxylic acids is 2. The van der Waals surface area contributed by atoms with Crippen LogP contribution < -0.4 is 9.62 Å². The van der Waals surface area contributed by atoms with E-state index in [1.807, 2.05) is 26.0 Å². The fourth-order valence-electron chi connectivity index (χ4n) is 4.35. The first kappa shape index (κ1) is 31.2. The van der Waals surface area contributed by atoms with Crippen molar-refractivity contribution < 1.29 is 18.0 Å². The monoisotopic (exact) mass is 583 g/mol. The van der Waals surface area contributed by atoms with Crippen molar-refractivity contribution in [2.45, 2.75) is 63.9 Å². The number of amides is 2. The van der Waals surface area contributed by atoms with E-state index in [9.17, 15) is 18.0 Å². The molecule has 0 unspecified atom stereocenters. The molecule has 3 aromatic rings. The Labute approximate surface area is 243 Å². The van der Waals surface area contributed by atoms with Crippen LogP contribution >= 0.6 is 11.6 Å². The molecular formula is C31H38ClN3O4S. The molecule has 0 bridgehead atoms. The SMILES string of the molecule is CCCNC(=O)[C@H](CC)N(Cc1ccc(Cl)cc1)C(=O)CN(c1ccc(C(C)C)cc1)S(=O)(=O)c1ccccc1. The molecule has 1 atom stereocenters. The highest BCUT2D eigenvalue weighted by Gasteiger charge is 2.33. The van der Waals surface area contributed by atoms with Gasteiger partial charge in [-0.05, 0) is 66.3 Å². The molecule has 0 spiro atoms. The number of hydrogen-bond donors (Lipinski definition) is 1. The summed E-state index contributed by atoms with van der Waals surface area (Å²) >= 11 is 6.07. The van der Waals surface area contributed by atoms with Crippen LogP contribution in [-0.4, -0.2) is 44.3 Å². The lowest BCUT2D eigenvalue weighted by Crippen LogP contribution is -2.52. The van der Waals surface area contributed by atoms with E-state index in [1.54, 1.807) is 54.6 Å². The summed E-state index contributed by atoms with van der Waals surface area (Å²) in [4.78, 5) is 28.7. The lowest BCUT2D eigenvalue weighted by atomic mass is 10.0. The molecule has 0 radical (unpaired) electrons. The van der Waals surface area contributed by atoms with Crippen LogP contribution in [0.25, 0.3) is 0 Å². The predicted molar refractivity (Wildman–Crippen MR) is 161 cm³/mol. The van der Waals surface area contributed by atoms with Gasteiger partial charge in [-0.2, -0.15) is 0 Å². The van der Waals surface area contributed by atoms with Crippen LogP contribution in [0.2, 0.25) is 5.02 Å². The summed E-state index contributed by atoms with van der Waals surface area (Å²) in [5.74, 6) is -0.497. The lowest BCUT2D eigenvalue weighted by molar-refractivity contribution is -0.140. The van der Waals surface area contributed by atoms with E-state index in [4.69, 9.17) is 11.6 Å². The zero-order chi connectivity index (χ0) is 29.3. The number of benzene rings is 3. The molecule has 3 aromatic carbocycles. The Morgan fingerprint density at radius 2 is 1.52 bits per heavy atom. The van der Waals surface area contributed by atoms with Crippen molar-refractivity contribution in [3.63, 3.8) is 0 Å². The van der Waals surface area contributed by atoms with Gasteiger partial charge in [0.1, 0.15) is 12.6 Å². The van der Waals surface area contributed by atoms with E-state index in [0.29, 0.717) is 23.7 Å². The molecule has 0 fully saturated rings. The zero-order valence-electron chi connectivity index (χ0n) is 23.5. The first-order chi connectivity index (χ1) is 19.1. The summed E-state index contributed by atoms with van der Waals surface area (Å²) in [7, 11) is -4.09. The second-order valence-corrected chi connectivity index (χ2v) is 12.2. The van der Waals surface area contributed by atoms with Gasteiger partial charge in [-0.1, -0.05) is 81.8 Å². The normalized spacial score (nSPS) is 12.2. The molecule has 1 N–H and O–H groups in total. The number of carbonyl (C=O) groups is 2. The Bertz CT molecular complexity index is 1360. The third kappa shape index (κ3) is 7.86. The summed E-state index contributed by atoms with van der Waals surface area (Å²) in [5, 5.41) is 3.44. The van der Waals surface area contributed by atoms with Gasteiger partial charge in [0.15, 0.2) is 0 Å². The van der Waals surface area contributed by atoms with Gasteiger partial charge in [0.25, 0.3) is 10.0 Å². The van der Waals surface area contributed by atoms with E-state index in [0.717, 1.165) is 21.9 Å². The third-order valence-electron chi connectivity index (χ3n) is 6.66. The summed E-state index contributed by atoms with van der Waals surface area (Å²) in [6.07, 6.45) is 1.12. The Hall–Kier alpha value is -3.36. The zero-order valence-corrected chi connectivity index (χ0v) is 25.1. The number of nitrogens with zero attached hydrogens (tertiary/aromatic N) is 2. The maximum Gasteiger partial charge on any atom is 0.264 e. The second-order valence-electron chi connectivity index (χ2n) is 9.93. The van der Waals surface area contributed by atoms with Crippen LogP contribution in [0.15, 0.2) is 83.8 Å². The lowest BCUT2D eigenvalue weighted by Gasteiger charge is -2.33. The minimum atomic E-state index is -4.09. The predicted octanol–water partition coefficient (Wildman–Crippen LogP) is 5.99. The fourth-order valence-corrected chi connectivity index (χ4v) is 5.91. The average molecular weight is 584 g/mol. The number of halogens is 1. The van der Waals surface area contributed by atoms with Gasteiger partial charge >= 0.3 is 0 Å². The number of rotatable bonds is 13. The first-order valence-corrected chi connectivity index (χ1v) is 15.4. The highest BCUT2D eigenvalue weighted by Crippen LogP contribution is 2.27. The van der Waals surface area contributed by atoms with Crippen LogP contribution in [0.1, 0.15) is 57.6 Å². The summed E-state index contributed by atoms with van der Waals surface area (Å²) in [6.45, 7) is 8.04. The quantitative estimate of drug-likeness (QED) is 0.268. The minimum absolute atomic E-state index is 0.0766. The van der Waals surface area contributed by atoms with Gasteiger partial charge < -0.3 is 10.2 Å². The van der Waals surface area contributed by atoms with E-state index in [2.05, 4.69) is 19.2 Å². The third-order valence-corrected chi connectivity index (χ3v) is 8.70. The van der Waals surface area contributed by atoms with Gasteiger partial charge in [-0.15, -0.1) is 0 Å². The molecular weight excluding hydrogens is 546 g/mol. The highest BCUT2D eigenvalue weighted by molar-refractivity contribution is 7.92. The number of anilines is 1. The Morgan fingerprint density at radius 1 is 0.900 bits per heavy atom. The number of hydrogen-bond acceptors (Lipinski definition) is 4. The van der Waals surface area contributed by atoms with E-state index < -0.39 is 28.5 Å². The van der Waals surface area contributed by atoms with Crippen LogP contribution in [0, 0.1) is 0 Å². The minimum Gasteiger partial charge on any atom is -0.354 e. The van der Waals surface area contributed by atoms with Crippen molar-refractivity contribution in [3.05, 3.63) is 95.0 Å². The van der Waals surface area contributed by atoms with E-state index >= 15 is 0 Å². The van der Waals surface area contributed by atoms with Crippen LogP contribution in [-0.2, 0) is 26.2 Å². The Morgan fingerprint density at radius 3 is 2.08 bits per heavy atom. The van der Waals surface area contributed by atoms with Crippen molar-refractivity contribution in [1.82, 2.24) is 10.2 Å². The van der Waals surface area contributed by atoms with Gasteiger partial charge in [-0.3, -0.25) is 13.9 Å². The molecule has 3 rings (SSSR count). The van der Waals surface area contributed by atoms with Crippen LogP contribution in [0.5, 0.6) is 0 Å². The highest BCUT2D eigenvalue weighted by atomic mass is 35.5. The van der Waals surface area contributed by atoms with E-state index in [-0.39, 0.29) is 23.3 Å². The van der Waals surface area contributed by atoms with Gasteiger partial charge in [0, 0.05) is 18.1 Å².